The van der Waals surface area contributed by atoms with E-state index >= 15 is 0 Å². The summed E-state index contributed by atoms with van der Waals surface area (Å²) in [5.74, 6) is 1.58. The summed E-state index contributed by atoms with van der Waals surface area (Å²) in [4.78, 5) is 0. The minimum Gasteiger partial charge on any atom is -0.457 e. The maximum atomic E-state index is 6.14. The highest BCUT2D eigenvalue weighted by Gasteiger charge is 2.40. The van der Waals surface area contributed by atoms with E-state index in [1.807, 2.05) is 24.3 Å². The molecule has 0 saturated carbocycles. The normalized spacial score (nSPS) is 14.4. The summed E-state index contributed by atoms with van der Waals surface area (Å²) in [6, 6.07) is 20.2. The molecule has 4 rings (SSSR count). The largest absolute Gasteiger partial charge is 0.457 e. The maximum Gasteiger partial charge on any atom is 0.133 e. The molecule has 3 aromatic carbocycles. The van der Waals surface area contributed by atoms with E-state index in [0.29, 0.717) is 11.4 Å². The van der Waals surface area contributed by atoms with Crippen LogP contribution in [0.2, 0.25) is 0 Å². The molecule has 3 aromatic rings. The van der Waals surface area contributed by atoms with Crippen LogP contribution in [-0.2, 0) is 5.41 Å². The fraction of sp³-hybridized carbons (Fsp3) is 0.143. The molecule has 3 heteroatoms. The number of hydrogen-bond donors (Lipinski definition) is 2. The van der Waals surface area contributed by atoms with Crippen LogP contribution in [0.15, 0.2) is 60.7 Å². The van der Waals surface area contributed by atoms with E-state index in [-0.39, 0.29) is 5.41 Å². The third-order valence-corrected chi connectivity index (χ3v) is 4.99. The first-order valence-corrected chi connectivity index (χ1v) is 8.04. The smallest absolute Gasteiger partial charge is 0.133 e. The lowest BCUT2D eigenvalue weighted by Gasteiger charge is -2.39. The summed E-state index contributed by atoms with van der Waals surface area (Å²) in [5.41, 5.74) is 17.7. The molecule has 0 saturated heterocycles. The van der Waals surface area contributed by atoms with Gasteiger partial charge in [-0.1, -0.05) is 36.4 Å². The SMILES string of the molecule is Cc1ccccc1C1(C)c2ccc(N)cc2Oc2cc(N)ccc21. The third kappa shape index (κ3) is 1.98. The average molecular weight is 316 g/mol. The summed E-state index contributed by atoms with van der Waals surface area (Å²) < 4.78 is 6.14. The standard InChI is InChI=1S/C21H20N2O/c1-13-5-3-4-6-16(13)21(2)17-9-7-14(22)11-19(17)24-20-12-15(23)8-10-18(20)21/h3-12H,22-23H2,1-2H3. The molecule has 0 amide bonds. The van der Waals surface area contributed by atoms with Crippen molar-refractivity contribution in [1.82, 2.24) is 0 Å². The summed E-state index contributed by atoms with van der Waals surface area (Å²) in [7, 11) is 0. The van der Waals surface area contributed by atoms with Crippen LogP contribution < -0.4 is 16.2 Å². The minimum absolute atomic E-state index is 0.324. The van der Waals surface area contributed by atoms with Crippen LogP contribution in [-0.4, -0.2) is 0 Å². The molecule has 0 bridgehead atoms. The Kier molecular flexibility index (Phi) is 3.07. The van der Waals surface area contributed by atoms with Crippen molar-refractivity contribution in [3.05, 3.63) is 82.9 Å². The topological polar surface area (TPSA) is 61.3 Å². The fourth-order valence-electron chi connectivity index (χ4n) is 3.76. The van der Waals surface area contributed by atoms with Gasteiger partial charge in [0.15, 0.2) is 0 Å². The van der Waals surface area contributed by atoms with Gasteiger partial charge < -0.3 is 16.2 Å². The quantitative estimate of drug-likeness (QED) is 0.644. The summed E-state index contributed by atoms with van der Waals surface area (Å²) in [6.07, 6.45) is 0. The molecule has 3 nitrogen and oxygen atoms in total. The summed E-state index contributed by atoms with van der Waals surface area (Å²) in [5, 5.41) is 0. The Morgan fingerprint density at radius 3 is 1.83 bits per heavy atom. The molecule has 1 heterocycles. The van der Waals surface area contributed by atoms with E-state index in [9.17, 15) is 0 Å². The number of hydrogen-bond acceptors (Lipinski definition) is 3. The predicted octanol–water partition coefficient (Wildman–Crippen LogP) is 4.62. The Morgan fingerprint density at radius 1 is 0.750 bits per heavy atom. The molecule has 1 aliphatic heterocycles. The van der Waals surface area contributed by atoms with Gasteiger partial charge in [-0.25, -0.2) is 0 Å². The van der Waals surface area contributed by atoms with Crippen LogP contribution in [0.1, 0.15) is 29.2 Å². The highest BCUT2D eigenvalue weighted by molar-refractivity contribution is 5.67. The van der Waals surface area contributed by atoms with Gasteiger partial charge >= 0.3 is 0 Å². The maximum absolute atomic E-state index is 6.14. The van der Waals surface area contributed by atoms with E-state index in [0.717, 1.165) is 22.6 Å². The van der Waals surface area contributed by atoms with E-state index in [2.05, 4.69) is 50.2 Å². The van der Waals surface area contributed by atoms with Gasteiger partial charge in [-0.3, -0.25) is 0 Å². The molecule has 24 heavy (non-hydrogen) atoms. The van der Waals surface area contributed by atoms with Crippen molar-refractivity contribution in [2.45, 2.75) is 19.3 Å². The van der Waals surface area contributed by atoms with Gasteiger partial charge in [0, 0.05) is 40.0 Å². The molecule has 0 radical (unpaired) electrons. The van der Waals surface area contributed by atoms with Crippen LogP contribution >= 0.6 is 0 Å². The highest BCUT2D eigenvalue weighted by atomic mass is 16.5. The third-order valence-electron chi connectivity index (χ3n) is 4.99. The Morgan fingerprint density at radius 2 is 1.29 bits per heavy atom. The number of ether oxygens (including phenoxy) is 1. The predicted molar refractivity (Wildman–Crippen MR) is 98.5 cm³/mol. The number of aryl methyl sites for hydroxylation is 1. The van der Waals surface area contributed by atoms with Crippen LogP contribution in [0.25, 0.3) is 0 Å². The van der Waals surface area contributed by atoms with Crippen molar-refractivity contribution in [3.63, 3.8) is 0 Å². The lowest BCUT2D eigenvalue weighted by atomic mass is 9.68. The lowest BCUT2D eigenvalue weighted by molar-refractivity contribution is 0.427. The second-order valence-corrected chi connectivity index (χ2v) is 6.55. The zero-order chi connectivity index (χ0) is 16.9. The number of anilines is 2. The van der Waals surface area contributed by atoms with Gasteiger partial charge in [-0.2, -0.15) is 0 Å². The molecular formula is C21H20N2O. The van der Waals surface area contributed by atoms with Gasteiger partial charge in [0.1, 0.15) is 11.5 Å². The zero-order valence-electron chi connectivity index (χ0n) is 13.8. The number of benzene rings is 3. The lowest BCUT2D eigenvalue weighted by Crippen LogP contribution is -2.30. The second kappa shape index (κ2) is 5.03. The number of nitrogen functional groups attached to an aromatic ring is 2. The fourth-order valence-corrected chi connectivity index (χ4v) is 3.76. The second-order valence-electron chi connectivity index (χ2n) is 6.55. The van der Waals surface area contributed by atoms with Crippen LogP contribution in [0.4, 0.5) is 11.4 Å². The average Bonchev–Trinajstić information content (AvgIpc) is 2.54. The molecule has 0 aromatic heterocycles. The molecule has 0 unspecified atom stereocenters. The Bertz CT molecular complexity index is 895. The summed E-state index contributed by atoms with van der Waals surface area (Å²) in [6.45, 7) is 4.38. The van der Waals surface area contributed by atoms with Gasteiger partial charge in [0.05, 0.1) is 0 Å². The van der Waals surface area contributed by atoms with E-state index in [1.165, 1.54) is 11.1 Å². The molecule has 1 aliphatic rings. The highest BCUT2D eigenvalue weighted by Crippen LogP contribution is 2.52. The summed E-state index contributed by atoms with van der Waals surface area (Å²) >= 11 is 0. The molecular weight excluding hydrogens is 296 g/mol. The molecule has 0 spiro atoms. The van der Waals surface area contributed by atoms with Gasteiger partial charge in [0.2, 0.25) is 0 Å². The van der Waals surface area contributed by atoms with Crippen molar-refractivity contribution in [3.8, 4) is 11.5 Å². The van der Waals surface area contributed by atoms with Crippen molar-refractivity contribution < 1.29 is 4.74 Å². The van der Waals surface area contributed by atoms with Gasteiger partial charge in [0.25, 0.3) is 0 Å². The Hall–Kier alpha value is -2.94. The molecule has 0 fully saturated rings. The van der Waals surface area contributed by atoms with Crippen LogP contribution in [0.5, 0.6) is 11.5 Å². The Balaban J connectivity index is 2.08. The number of rotatable bonds is 1. The molecule has 120 valence electrons. The van der Waals surface area contributed by atoms with E-state index < -0.39 is 0 Å². The molecule has 4 N–H and O–H groups in total. The van der Waals surface area contributed by atoms with Gasteiger partial charge in [-0.05, 0) is 37.1 Å². The van der Waals surface area contributed by atoms with Crippen molar-refractivity contribution in [2.24, 2.45) is 0 Å². The monoisotopic (exact) mass is 316 g/mol. The van der Waals surface area contributed by atoms with Crippen molar-refractivity contribution >= 4 is 11.4 Å². The van der Waals surface area contributed by atoms with Crippen LogP contribution in [0.3, 0.4) is 0 Å². The van der Waals surface area contributed by atoms with E-state index in [1.54, 1.807) is 0 Å². The molecule has 0 atom stereocenters. The Labute approximate surface area is 141 Å². The first-order valence-electron chi connectivity index (χ1n) is 8.04. The van der Waals surface area contributed by atoms with Crippen LogP contribution in [0, 0.1) is 6.92 Å². The van der Waals surface area contributed by atoms with E-state index in [4.69, 9.17) is 16.2 Å². The van der Waals surface area contributed by atoms with Crippen molar-refractivity contribution in [1.29, 1.82) is 0 Å². The molecule has 0 aliphatic carbocycles. The van der Waals surface area contributed by atoms with Gasteiger partial charge in [-0.15, -0.1) is 0 Å². The zero-order valence-corrected chi connectivity index (χ0v) is 13.8. The first-order chi connectivity index (χ1) is 11.5. The first kappa shape index (κ1) is 14.6. The number of fused-ring (bicyclic) bond motifs is 2. The minimum atomic E-state index is -0.324. The van der Waals surface area contributed by atoms with Crippen molar-refractivity contribution in [2.75, 3.05) is 11.5 Å². The number of nitrogens with two attached hydrogens (primary N) is 2.